The van der Waals surface area contributed by atoms with Crippen molar-refractivity contribution in [2.75, 3.05) is 46.2 Å². The molecule has 0 amide bonds. The Balaban J connectivity index is 1.39. The van der Waals surface area contributed by atoms with Crippen molar-refractivity contribution in [1.29, 1.82) is 0 Å². The molecule has 0 saturated carbocycles. The average molecular weight is 951 g/mol. The molecule has 63 heavy (non-hydrogen) atoms. The molecule has 370 valence electrons. The van der Waals surface area contributed by atoms with Crippen molar-refractivity contribution in [3.63, 3.8) is 0 Å². The third-order valence-corrected chi connectivity index (χ3v) is 12.0. The predicted octanol–water partition coefficient (Wildman–Crippen LogP) is -11.9. The summed E-state index contributed by atoms with van der Waals surface area (Å²) in [7, 11) is -4.77. The van der Waals surface area contributed by atoms with E-state index in [9.17, 15) is 86.1 Å². The molecule has 0 radical (unpaired) electrons. The largest absolute Gasteiger partial charge is 0.472 e. The van der Waals surface area contributed by atoms with Crippen LogP contribution in [-0.2, 0) is 56.2 Å². The Hall–Kier alpha value is -0.930. The Labute approximate surface area is 356 Å². The van der Waals surface area contributed by atoms with Gasteiger partial charge in [0.05, 0.1) is 45.7 Å². The maximum Gasteiger partial charge on any atom is 0.472 e. The van der Waals surface area contributed by atoms with Crippen molar-refractivity contribution >= 4 is 7.82 Å². The molecule has 5 fully saturated rings. The highest BCUT2D eigenvalue weighted by Gasteiger charge is 2.55. The normalized spacial score (nSPS) is 49.7. The highest BCUT2D eigenvalue weighted by Crippen LogP contribution is 2.44. The van der Waals surface area contributed by atoms with Gasteiger partial charge in [-0.2, -0.15) is 0 Å². The van der Waals surface area contributed by atoms with Crippen molar-refractivity contribution in [2.24, 2.45) is 11.5 Å². The zero-order valence-electron chi connectivity index (χ0n) is 33.0. The second-order valence-electron chi connectivity index (χ2n) is 15.3. The molecular weight excluding hydrogens is 891 g/mol. The first kappa shape index (κ1) is 53.0. The Bertz CT molecular complexity index is 1450. The molecule has 5 saturated heterocycles. The fourth-order valence-corrected chi connectivity index (χ4v) is 8.04. The highest BCUT2D eigenvalue weighted by atomic mass is 31.2. The molecule has 5 aliphatic heterocycles. The third kappa shape index (κ3) is 12.0. The van der Waals surface area contributed by atoms with Gasteiger partial charge >= 0.3 is 7.82 Å². The van der Waals surface area contributed by atoms with E-state index in [2.05, 4.69) is 4.52 Å². The first-order valence-electron chi connectivity index (χ1n) is 19.6. The molecular formula is C32H59N2O28P. The smallest absolute Gasteiger partial charge is 0.394 e. The number of phosphoric acid groups is 1. The lowest BCUT2D eigenvalue weighted by molar-refractivity contribution is -0.386. The number of ether oxygens (including phenoxy) is 9. The van der Waals surface area contributed by atoms with Crippen molar-refractivity contribution in [3.8, 4) is 0 Å². The van der Waals surface area contributed by atoms with Crippen LogP contribution in [0.1, 0.15) is 0 Å². The van der Waals surface area contributed by atoms with Gasteiger partial charge in [0, 0.05) is 6.54 Å². The molecule has 26 atom stereocenters. The van der Waals surface area contributed by atoms with Gasteiger partial charge in [0.1, 0.15) is 116 Å². The Morgan fingerprint density at radius 3 is 1.48 bits per heavy atom. The van der Waals surface area contributed by atoms with Gasteiger partial charge < -0.3 is 136 Å². The molecule has 5 heterocycles. The van der Waals surface area contributed by atoms with E-state index in [1.54, 1.807) is 0 Å². The Kier molecular flexibility index (Phi) is 19.3. The Morgan fingerprint density at radius 2 is 0.921 bits per heavy atom. The first-order chi connectivity index (χ1) is 29.7. The van der Waals surface area contributed by atoms with Crippen LogP contribution in [0.15, 0.2) is 0 Å². The van der Waals surface area contributed by atoms with E-state index in [0.717, 1.165) is 0 Å². The summed E-state index contributed by atoms with van der Waals surface area (Å²) in [6.07, 6.45) is -45.8. The number of hydrogen-bond acceptors (Lipinski definition) is 29. The lowest BCUT2D eigenvalue weighted by Gasteiger charge is -2.49. The van der Waals surface area contributed by atoms with Crippen molar-refractivity contribution < 1.29 is 138 Å². The van der Waals surface area contributed by atoms with E-state index < -0.39 is 201 Å². The number of hydrogen-bond donors (Lipinski definition) is 18. The third-order valence-electron chi connectivity index (χ3n) is 11.0. The van der Waals surface area contributed by atoms with Crippen LogP contribution in [0.4, 0.5) is 0 Å². The van der Waals surface area contributed by atoms with E-state index in [-0.39, 0.29) is 6.54 Å². The van der Waals surface area contributed by atoms with Gasteiger partial charge in [-0.15, -0.1) is 0 Å². The molecule has 0 spiro atoms. The molecule has 0 aliphatic carbocycles. The molecule has 0 bridgehead atoms. The van der Waals surface area contributed by atoms with Gasteiger partial charge in [0.2, 0.25) is 0 Å². The first-order valence-corrected chi connectivity index (χ1v) is 21.1. The zero-order valence-corrected chi connectivity index (χ0v) is 33.9. The molecule has 5 aliphatic rings. The number of aliphatic hydroxyl groups is 15. The zero-order chi connectivity index (χ0) is 46.7. The summed E-state index contributed by atoms with van der Waals surface area (Å²) in [5.41, 5.74) is 11.1. The van der Waals surface area contributed by atoms with E-state index >= 15 is 0 Å². The summed E-state index contributed by atoms with van der Waals surface area (Å²) in [5, 5.41) is 158. The number of rotatable bonds is 18. The maximum atomic E-state index is 12.2. The Morgan fingerprint density at radius 1 is 0.460 bits per heavy atom. The SMILES string of the molecule is NCCOP(=O)(O)OC[C@H]1O[C@H](O[C@@H]2[C@@H](OC[C@H]3O[C@H](O[C@H]4[C@H](O)[C@@H](N)[C@@H](O)O[C@@H]4CO)[C@@H](O)[C@@H](O[C@H]4O[C@H](CO)[C@H](O)[C@H](O)[C@H]4O)[C@@H]3O)O[C@H](CO)[C@@H](O)[C@@H]2O)[C@@H](O)[C@@H](O)[C@@H]1O. The van der Waals surface area contributed by atoms with Gasteiger partial charge in [0.15, 0.2) is 31.5 Å². The summed E-state index contributed by atoms with van der Waals surface area (Å²) in [6.45, 7) is -5.18. The van der Waals surface area contributed by atoms with Gasteiger partial charge in [0.25, 0.3) is 0 Å². The van der Waals surface area contributed by atoms with Crippen LogP contribution in [0, 0.1) is 0 Å². The second-order valence-corrected chi connectivity index (χ2v) is 16.7. The fraction of sp³-hybridized carbons (Fsp3) is 1.00. The summed E-state index contributed by atoms with van der Waals surface area (Å²) in [6, 6.07) is -1.53. The molecule has 5 rings (SSSR count). The minimum absolute atomic E-state index is 0.167. The second kappa shape index (κ2) is 22.9. The van der Waals surface area contributed by atoms with Crippen LogP contribution in [0.5, 0.6) is 0 Å². The van der Waals surface area contributed by atoms with Crippen LogP contribution in [0.3, 0.4) is 0 Å². The van der Waals surface area contributed by atoms with Crippen LogP contribution in [-0.4, -0.2) is 281 Å². The van der Waals surface area contributed by atoms with Gasteiger partial charge in [-0.3, -0.25) is 9.05 Å². The summed E-state index contributed by atoms with van der Waals surface area (Å²) in [5.74, 6) is 0. The van der Waals surface area contributed by atoms with Crippen LogP contribution >= 0.6 is 7.82 Å². The topological polar surface area (TPSA) is 494 Å². The van der Waals surface area contributed by atoms with E-state index in [0.29, 0.717) is 0 Å². The van der Waals surface area contributed by atoms with Crippen LogP contribution < -0.4 is 11.5 Å². The average Bonchev–Trinajstić information content (AvgIpc) is 3.26. The highest BCUT2D eigenvalue weighted by molar-refractivity contribution is 7.47. The predicted molar refractivity (Wildman–Crippen MR) is 192 cm³/mol. The number of nitrogens with two attached hydrogens (primary N) is 2. The molecule has 30 nitrogen and oxygen atoms in total. The van der Waals surface area contributed by atoms with Gasteiger partial charge in [-0.1, -0.05) is 0 Å². The van der Waals surface area contributed by atoms with Gasteiger partial charge in [-0.05, 0) is 0 Å². The quantitative estimate of drug-likeness (QED) is 0.0567. The molecule has 31 heteroatoms. The molecule has 0 aromatic carbocycles. The van der Waals surface area contributed by atoms with Crippen LogP contribution in [0.2, 0.25) is 0 Å². The standard InChI is InChI=1S/C32H59N2O28P/c33-1-2-53-63(50,51)54-7-12-16(40)20(44)23(47)30(59-12)62-27-21(45)15(39)9(4-36)57-32(27)52-6-11-17(41)26(61-29-22(46)19(43)14(38)8(3-35)56-29)24(48)31(58-11)60-25-10(5-37)55-28(49)13(34)18(25)42/h8-32,35-49H,1-7,33-34H2,(H,50,51)/t8-,9-,10-,11-,12-,13-,14+,15-,16-,17-,18-,19+,20+,21+,22-,23+,24+,25-,26+,27+,28+,29-,30-,31-,32+/m1/s1. The number of phosphoric ester groups is 1. The minimum atomic E-state index is -4.77. The summed E-state index contributed by atoms with van der Waals surface area (Å²) in [4.78, 5) is 9.87. The fourth-order valence-electron chi connectivity index (χ4n) is 7.29. The van der Waals surface area contributed by atoms with Crippen molar-refractivity contribution in [3.05, 3.63) is 0 Å². The molecule has 20 N–H and O–H groups in total. The lowest BCUT2D eigenvalue weighted by atomic mass is 9.95. The summed E-state index contributed by atoms with van der Waals surface area (Å²) >= 11 is 0. The lowest BCUT2D eigenvalue weighted by Crippen LogP contribution is -2.68. The minimum Gasteiger partial charge on any atom is -0.394 e. The molecule has 0 aromatic heterocycles. The van der Waals surface area contributed by atoms with Crippen molar-refractivity contribution in [1.82, 2.24) is 0 Å². The van der Waals surface area contributed by atoms with E-state index in [4.69, 9.17) is 58.6 Å². The van der Waals surface area contributed by atoms with Crippen LogP contribution in [0.25, 0.3) is 0 Å². The summed E-state index contributed by atoms with van der Waals surface area (Å²) < 4.78 is 72.0. The van der Waals surface area contributed by atoms with E-state index in [1.165, 1.54) is 0 Å². The van der Waals surface area contributed by atoms with Crippen molar-refractivity contribution in [2.45, 2.75) is 153 Å². The number of aliphatic hydroxyl groups excluding tert-OH is 15. The maximum absolute atomic E-state index is 12.2. The molecule has 0 aromatic rings. The van der Waals surface area contributed by atoms with Gasteiger partial charge in [-0.25, -0.2) is 4.57 Å². The monoisotopic (exact) mass is 950 g/mol. The van der Waals surface area contributed by atoms with E-state index in [1.807, 2.05) is 0 Å². The molecule has 1 unspecified atom stereocenters.